The Kier molecular flexibility index (Phi) is 3.99. The second-order valence-electron chi connectivity index (χ2n) is 4.54. The van der Waals surface area contributed by atoms with Gasteiger partial charge in [-0.05, 0) is 31.0 Å². The summed E-state index contributed by atoms with van der Waals surface area (Å²) in [5.41, 5.74) is 6.55. The van der Waals surface area contributed by atoms with Crippen LogP contribution in [0.2, 0.25) is 0 Å². The van der Waals surface area contributed by atoms with Gasteiger partial charge in [0.1, 0.15) is 5.69 Å². The fourth-order valence-corrected chi connectivity index (χ4v) is 2.96. The van der Waals surface area contributed by atoms with Crippen LogP contribution in [0.5, 0.6) is 0 Å². The molecule has 4 N–H and O–H groups in total. The van der Waals surface area contributed by atoms with E-state index in [0.29, 0.717) is 5.69 Å². The number of sulfonamides is 1. The molecule has 8 heteroatoms. The molecule has 1 amide bonds. The number of nitrogens with one attached hydrogen (secondary N) is 2. The molecule has 0 saturated carbocycles. The summed E-state index contributed by atoms with van der Waals surface area (Å²) < 4.78 is 27.0. The molecule has 0 aliphatic carbocycles. The van der Waals surface area contributed by atoms with Crippen LogP contribution < -0.4 is 10.5 Å². The van der Waals surface area contributed by atoms with Crippen molar-refractivity contribution in [2.75, 3.05) is 4.72 Å². The highest BCUT2D eigenvalue weighted by Crippen LogP contribution is 2.22. The minimum atomic E-state index is -3.80. The highest BCUT2D eigenvalue weighted by molar-refractivity contribution is 7.92. The number of amides is 1. The third-order valence-electron chi connectivity index (χ3n) is 3.06. The maximum absolute atomic E-state index is 12.3. The molecule has 1 aromatic carbocycles. The summed E-state index contributed by atoms with van der Waals surface area (Å²) in [4.78, 5) is 11.4. The molecule has 7 nitrogen and oxygen atoms in total. The number of rotatable bonds is 5. The number of aromatic nitrogens is 2. The summed E-state index contributed by atoms with van der Waals surface area (Å²) in [6, 6.07) is 6.51. The lowest BCUT2D eigenvalue weighted by atomic mass is 10.2. The smallest absolute Gasteiger partial charge is 0.271 e. The van der Waals surface area contributed by atoms with Crippen molar-refractivity contribution in [2.24, 2.45) is 5.73 Å². The Labute approximate surface area is 122 Å². The van der Waals surface area contributed by atoms with Crippen molar-refractivity contribution in [1.29, 1.82) is 0 Å². The maximum atomic E-state index is 12.3. The zero-order valence-corrected chi connectivity index (χ0v) is 12.5. The molecule has 0 bridgehead atoms. The largest absolute Gasteiger partial charge is 0.364 e. The second-order valence-corrected chi connectivity index (χ2v) is 6.22. The number of nitrogens with zero attached hydrogens (tertiary/aromatic N) is 1. The molecule has 112 valence electrons. The van der Waals surface area contributed by atoms with Crippen LogP contribution in [0.4, 0.5) is 5.69 Å². The van der Waals surface area contributed by atoms with Gasteiger partial charge in [0.15, 0.2) is 5.69 Å². The molecule has 21 heavy (non-hydrogen) atoms. The normalized spacial score (nSPS) is 11.3. The summed E-state index contributed by atoms with van der Waals surface area (Å²) >= 11 is 0. The van der Waals surface area contributed by atoms with Gasteiger partial charge in [-0.15, -0.1) is 0 Å². The van der Waals surface area contributed by atoms with Crippen LogP contribution in [0, 0.1) is 6.92 Å². The van der Waals surface area contributed by atoms with Gasteiger partial charge in [-0.2, -0.15) is 5.10 Å². The molecule has 0 unspecified atom stereocenters. The fraction of sp³-hybridized carbons (Fsp3) is 0.231. The molecule has 0 spiro atoms. The van der Waals surface area contributed by atoms with Crippen molar-refractivity contribution < 1.29 is 13.2 Å². The van der Waals surface area contributed by atoms with Crippen molar-refractivity contribution in [3.63, 3.8) is 0 Å². The van der Waals surface area contributed by atoms with Gasteiger partial charge in [0.05, 0.1) is 10.6 Å². The maximum Gasteiger partial charge on any atom is 0.271 e. The molecule has 0 aliphatic heterocycles. The number of hydrogen-bond donors (Lipinski definition) is 3. The number of primary amides is 1. The Morgan fingerprint density at radius 2 is 1.95 bits per heavy atom. The Balaban J connectivity index is 2.37. The predicted molar refractivity (Wildman–Crippen MR) is 78.5 cm³/mol. The van der Waals surface area contributed by atoms with Gasteiger partial charge in [0.2, 0.25) is 0 Å². The minimum absolute atomic E-state index is 0.0714. The molecule has 1 heterocycles. The minimum Gasteiger partial charge on any atom is -0.364 e. The van der Waals surface area contributed by atoms with E-state index in [1.165, 1.54) is 12.1 Å². The Bertz CT molecular complexity index is 763. The van der Waals surface area contributed by atoms with Gasteiger partial charge in [-0.3, -0.25) is 14.6 Å². The van der Waals surface area contributed by atoms with Crippen molar-refractivity contribution in [1.82, 2.24) is 10.2 Å². The molecule has 0 aliphatic rings. The van der Waals surface area contributed by atoms with E-state index >= 15 is 0 Å². The van der Waals surface area contributed by atoms with Crippen molar-refractivity contribution >= 4 is 21.6 Å². The molecule has 2 aromatic rings. The number of aryl methyl sites for hydroxylation is 2. The monoisotopic (exact) mass is 308 g/mol. The van der Waals surface area contributed by atoms with Crippen LogP contribution in [-0.4, -0.2) is 24.5 Å². The zero-order chi connectivity index (χ0) is 15.6. The number of nitrogens with two attached hydrogens (primary N) is 1. The first-order valence-corrected chi connectivity index (χ1v) is 7.80. The second kappa shape index (κ2) is 5.57. The van der Waals surface area contributed by atoms with Gasteiger partial charge < -0.3 is 5.73 Å². The van der Waals surface area contributed by atoms with E-state index in [4.69, 9.17) is 5.73 Å². The Morgan fingerprint density at radius 3 is 2.48 bits per heavy atom. The summed E-state index contributed by atoms with van der Waals surface area (Å²) in [7, 11) is -3.80. The number of hydrogen-bond acceptors (Lipinski definition) is 4. The lowest BCUT2D eigenvalue weighted by molar-refractivity contribution is 0.0996. The summed E-state index contributed by atoms with van der Waals surface area (Å²) in [5, 5.41) is 6.23. The van der Waals surface area contributed by atoms with E-state index in [1.807, 2.05) is 6.92 Å². The summed E-state index contributed by atoms with van der Waals surface area (Å²) in [6.07, 6.45) is 0.820. The third kappa shape index (κ3) is 3.05. The van der Waals surface area contributed by atoms with E-state index in [0.717, 1.165) is 12.0 Å². The first-order valence-electron chi connectivity index (χ1n) is 6.31. The topological polar surface area (TPSA) is 118 Å². The molecule has 0 atom stereocenters. The fourth-order valence-electron chi connectivity index (χ4n) is 1.83. The number of H-pyrrole nitrogens is 1. The molecule has 2 rings (SSSR count). The van der Waals surface area contributed by atoms with Crippen LogP contribution in [0.1, 0.15) is 28.7 Å². The van der Waals surface area contributed by atoms with Crippen molar-refractivity contribution in [3.05, 3.63) is 41.2 Å². The van der Waals surface area contributed by atoms with Crippen LogP contribution >= 0.6 is 0 Å². The van der Waals surface area contributed by atoms with E-state index in [1.54, 1.807) is 19.1 Å². The number of carbonyl (C=O) groups excluding carboxylic acids is 1. The van der Waals surface area contributed by atoms with E-state index < -0.39 is 15.9 Å². The average molecular weight is 308 g/mol. The zero-order valence-electron chi connectivity index (χ0n) is 11.7. The Morgan fingerprint density at radius 1 is 1.33 bits per heavy atom. The highest BCUT2D eigenvalue weighted by atomic mass is 32.2. The number of benzene rings is 1. The Hall–Kier alpha value is -2.35. The van der Waals surface area contributed by atoms with E-state index in [2.05, 4.69) is 14.9 Å². The number of aromatic amines is 1. The number of anilines is 1. The molecule has 1 aromatic heterocycles. The molecule has 0 saturated heterocycles. The van der Waals surface area contributed by atoms with Gasteiger partial charge in [0, 0.05) is 0 Å². The van der Waals surface area contributed by atoms with Gasteiger partial charge in [0.25, 0.3) is 15.9 Å². The average Bonchev–Trinajstić information content (AvgIpc) is 2.80. The number of carbonyl (C=O) groups is 1. The molecule has 0 fully saturated rings. The summed E-state index contributed by atoms with van der Waals surface area (Å²) in [6.45, 7) is 3.58. The van der Waals surface area contributed by atoms with E-state index in [-0.39, 0.29) is 16.3 Å². The highest BCUT2D eigenvalue weighted by Gasteiger charge is 2.21. The lowest BCUT2D eigenvalue weighted by Gasteiger charge is -2.08. The van der Waals surface area contributed by atoms with Crippen LogP contribution in [0.15, 0.2) is 29.2 Å². The molecular weight excluding hydrogens is 292 g/mol. The SMILES string of the molecule is CCc1ccc(S(=O)(=O)Nc2c(C(N)=O)n[nH]c2C)cc1. The lowest BCUT2D eigenvalue weighted by Crippen LogP contribution is -2.18. The van der Waals surface area contributed by atoms with Gasteiger partial charge >= 0.3 is 0 Å². The molecular formula is C13H16N4O3S. The van der Waals surface area contributed by atoms with E-state index in [9.17, 15) is 13.2 Å². The summed E-state index contributed by atoms with van der Waals surface area (Å²) in [5.74, 6) is -0.807. The first-order chi connectivity index (χ1) is 9.85. The van der Waals surface area contributed by atoms with Crippen molar-refractivity contribution in [3.8, 4) is 0 Å². The van der Waals surface area contributed by atoms with Crippen molar-refractivity contribution in [2.45, 2.75) is 25.2 Å². The van der Waals surface area contributed by atoms with Gasteiger partial charge in [-0.1, -0.05) is 19.1 Å². The quantitative estimate of drug-likeness (QED) is 0.768. The van der Waals surface area contributed by atoms with Crippen LogP contribution in [0.25, 0.3) is 0 Å². The van der Waals surface area contributed by atoms with Gasteiger partial charge in [-0.25, -0.2) is 8.42 Å². The van der Waals surface area contributed by atoms with Crippen LogP contribution in [-0.2, 0) is 16.4 Å². The van der Waals surface area contributed by atoms with Crippen LogP contribution in [0.3, 0.4) is 0 Å². The molecule has 0 radical (unpaired) electrons. The first kappa shape index (κ1) is 15.0. The predicted octanol–water partition coefficient (Wildman–Crippen LogP) is 1.18. The standard InChI is InChI=1S/C13H16N4O3S/c1-3-9-4-6-10(7-5-9)21(19,20)17-11-8(2)15-16-12(11)13(14)18/h4-7,17H,3H2,1-2H3,(H2,14,18)(H,15,16). The third-order valence-corrected chi connectivity index (χ3v) is 4.42.